The van der Waals surface area contributed by atoms with E-state index in [4.69, 9.17) is 4.74 Å². The first kappa shape index (κ1) is 5.16. The van der Waals surface area contributed by atoms with Gasteiger partial charge in [0.2, 0.25) is 0 Å². The van der Waals surface area contributed by atoms with Crippen LogP contribution < -0.4 is 0 Å². The van der Waals surface area contributed by atoms with Crippen molar-refractivity contribution in [1.29, 1.82) is 0 Å². The molecule has 0 aliphatic carbocycles. The molecule has 1 saturated heterocycles. The summed E-state index contributed by atoms with van der Waals surface area (Å²) in [6.45, 7) is 0.900. The standard InChI is InChI=1S/C5H7BrO/c6-4-5-2-1-3-7-5/h4H,1-3H2/b5-4+. The van der Waals surface area contributed by atoms with E-state index in [9.17, 15) is 0 Å². The monoisotopic (exact) mass is 162 g/mol. The molecule has 1 rings (SSSR count). The molecular weight excluding hydrogens is 156 g/mol. The molecule has 2 heteroatoms. The molecule has 0 atom stereocenters. The zero-order valence-corrected chi connectivity index (χ0v) is 5.57. The molecular formula is C5H7BrO. The molecule has 0 radical (unpaired) electrons. The molecule has 0 aromatic carbocycles. The van der Waals surface area contributed by atoms with Gasteiger partial charge in [0.1, 0.15) is 5.76 Å². The summed E-state index contributed by atoms with van der Waals surface area (Å²) in [5.74, 6) is 1.08. The van der Waals surface area contributed by atoms with Crippen molar-refractivity contribution in [2.24, 2.45) is 0 Å². The van der Waals surface area contributed by atoms with E-state index in [2.05, 4.69) is 15.9 Å². The lowest BCUT2D eigenvalue weighted by Gasteiger charge is -1.90. The molecule has 40 valence electrons. The molecule has 1 aliphatic rings. The molecule has 1 fully saturated rings. The summed E-state index contributed by atoms with van der Waals surface area (Å²) in [5, 5.41) is 0. The van der Waals surface area contributed by atoms with Gasteiger partial charge in [0.25, 0.3) is 0 Å². The summed E-state index contributed by atoms with van der Waals surface area (Å²) in [4.78, 5) is 1.85. The smallest absolute Gasteiger partial charge is 0.103 e. The second-order valence-corrected chi connectivity index (χ2v) is 1.99. The van der Waals surface area contributed by atoms with Crippen LogP contribution in [0.5, 0.6) is 0 Å². The highest BCUT2D eigenvalue weighted by Gasteiger charge is 2.04. The van der Waals surface area contributed by atoms with Crippen LogP contribution in [-0.4, -0.2) is 6.61 Å². The Hall–Kier alpha value is 0.0200. The van der Waals surface area contributed by atoms with Crippen LogP contribution in [0, 0.1) is 0 Å². The number of hydrogen-bond donors (Lipinski definition) is 0. The van der Waals surface area contributed by atoms with Crippen LogP contribution in [0.15, 0.2) is 10.7 Å². The fraction of sp³-hybridized carbons (Fsp3) is 0.600. The minimum Gasteiger partial charge on any atom is -0.497 e. The van der Waals surface area contributed by atoms with Crippen LogP contribution in [0.25, 0.3) is 0 Å². The quantitative estimate of drug-likeness (QED) is 0.530. The Bertz CT molecular complexity index is 80.1. The minimum atomic E-state index is 0.900. The molecule has 1 aliphatic heterocycles. The number of rotatable bonds is 0. The molecule has 0 bridgehead atoms. The topological polar surface area (TPSA) is 9.23 Å². The first-order valence-corrected chi connectivity index (χ1v) is 3.27. The van der Waals surface area contributed by atoms with Gasteiger partial charge in [0.15, 0.2) is 0 Å². The van der Waals surface area contributed by atoms with E-state index in [1.54, 1.807) is 0 Å². The van der Waals surface area contributed by atoms with Gasteiger partial charge in [-0.15, -0.1) is 0 Å². The highest BCUT2D eigenvalue weighted by atomic mass is 79.9. The predicted molar refractivity (Wildman–Crippen MR) is 32.2 cm³/mol. The van der Waals surface area contributed by atoms with Gasteiger partial charge in [-0.25, -0.2) is 0 Å². The summed E-state index contributed by atoms with van der Waals surface area (Å²) >= 11 is 3.19. The molecule has 1 heterocycles. The van der Waals surface area contributed by atoms with Gasteiger partial charge in [0, 0.05) is 11.4 Å². The molecule has 1 nitrogen and oxygen atoms in total. The normalized spacial score (nSPS) is 25.6. The summed E-state index contributed by atoms with van der Waals surface area (Å²) in [6, 6.07) is 0. The first-order chi connectivity index (χ1) is 3.43. The third-order valence-electron chi connectivity index (χ3n) is 0.977. The van der Waals surface area contributed by atoms with Crippen LogP contribution in [0.2, 0.25) is 0 Å². The number of allylic oxidation sites excluding steroid dienone is 1. The molecule has 0 aromatic heterocycles. The van der Waals surface area contributed by atoms with Crippen LogP contribution in [-0.2, 0) is 4.74 Å². The Labute approximate surface area is 51.5 Å². The van der Waals surface area contributed by atoms with Crippen LogP contribution in [0.4, 0.5) is 0 Å². The van der Waals surface area contributed by atoms with Gasteiger partial charge in [-0.3, -0.25) is 0 Å². The van der Waals surface area contributed by atoms with E-state index in [-0.39, 0.29) is 0 Å². The summed E-state index contributed by atoms with van der Waals surface area (Å²) < 4.78 is 5.12. The van der Waals surface area contributed by atoms with Gasteiger partial charge in [-0.2, -0.15) is 0 Å². The third-order valence-corrected chi connectivity index (χ3v) is 1.49. The average Bonchev–Trinajstić information content (AvgIpc) is 2.14. The summed E-state index contributed by atoms with van der Waals surface area (Å²) in [7, 11) is 0. The third kappa shape index (κ3) is 1.20. The van der Waals surface area contributed by atoms with Crippen molar-refractivity contribution in [2.45, 2.75) is 12.8 Å². The van der Waals surface area contributed by atoms with E-state index in [1.807, 2.05) is 4.99 Å². The van der Waals surface area contributed by atoms with Gasteiger partial charge in [-0.05, 0) is 6.42 Å². The van der Waals surface area contributed by atoms with Crippen molar-refractivity contribution in [2.75, 3.05) is 6.61 Å². The van der Waals surface area contributed by atoms with Gasteiger partial charge in [0.05, 0.1) is 6.61 Å². The number of ether oxygens (including phenoxy) is 1. The van der Waals surface area contributed by atoms with Crippen LogP contribution in [0.1, 0.15) is 12.8 Å². The Morgan fingerprint density at radius 1 is 1.71 bits per heavy atom. The Morgan fingerprint density at radius 2 is 2.57 bits per heavy atom. The zero-order chi connectivity index (χ0) is 5.11. The van der Waals surface area contributed by atoms with Crippen molar-refractivity contribution in [3.05, 3.63) is 10.7 Å². The highest BCUT2D eigenvalue weighted by Crippen LogP contribution is 2.16. The van der Waals surface area contributed by atoms with Gasteiger partial charge < -0.3 is 4.74 Å². The maximum absolute atomic E-state index is 5.12. The molecule has 0 spiro atoms. The van der Waals surface area contributed by atoms with Crippen molar-refractivity contribution in [1.82, 2.24) is 0 Å². The molecule has 0 amide bonds. The van der Waals surface area contributed by atoms with Crippen molar-refractivity contribution in [3.8, 4) is 0 Å². The number of hydrogen-bond acceptors (Lipinski definition) is 1. The zero-order valence-electron chi connectivity index (χ0n) is 3.98. The minimum absolute atomic E-state index is 0.900. The SMILES string of the molecule is Br/C=C1\CCCO1. The fourth-order valence-electron chi connectivity index (χ4n) is 0.608. The Kier molecular flexibility index (Phi) is 1.74. The lowest BCUT2D eigenvalue weighted by Crippen LogP contribution is -1.74. The molecule has 0 N–H and O–H groups in total. The van der Waals surface area contributed by atoms with Gasteiger partial charge >= 0.3 is 0 Å². The number of halogens is 1. The van der Waals surface area contributed by atoms with Crippen molar-refractivity contribution < 1.29 is 4.74 Å². The Balaban J connectivity index is 2.41. The van der Waals surface area contributed by atoms with E-state index in [0.717, 1.165) is 18.8 Å². The van der Waals surface area contributed by atoms with E-state index in [1.165, 1.54) is 6.42 Å². The molecule has 0 aromatic rings. The van der Waals surface area contributed by atoms with Crippen LogP contribution in [0.3, 0.4) is 0 Å². The maximum atomic E-state index is 5.12. The second kappa shape index (κ2) is 2.36. The maximum Gasteiger partial charge on any atom is 0.103 e. The average molecular weight is 163 g/mol. The Morgan fingerprint density at radius 3 is 2.86 bits per heavy atom. The van der Waals surface area contributed by atoms with Crippen molar-refractivity contribution >= 4 is 15.9 Å². The molecule has 0 saturated carbocycles. The van der Waals surface area contributed by atoms with E-state index < -0.39 is 0 Å². The second-order valence-electron chi connectivity index (χ2n) is 1.53. The lowest BCUT2D eigenvalue weighted by atomic mass is 10.3. The summed E-state index contributed by atoms with van der Waals surface area (Å²) in [5.41, 5.74) is 0. The van der Waals surface area contributed by atoms with Crippen LogP contribution >= 0.6 is 15.9 Å². The van der Waals surface area contributed by atoms with Crippen molar-refractivity contribution in [3.63, 3.8) is 0 Å². The molecule has 7 heavy (non-hydrogen) atoms. The van der Waals surface area contributed by atoms with E-state index in [0.29, 0.717) is 0 Å². The fourth-order valence-corrected chi connectivity index (χ4v) is 0.969. The summed E-state index contributed by atoms with van der Waals surface area (Å²) in [6.07, 6.45) is 2.28. The first-order valence-electron chi connectivity index (χ1n) is 2.35. The highest BCUT2D eigenvalue weighted by molar-refractivity contribution is 9.11. The molecule has 0 unspecified atom stereocenters. The predicted octanol–water partition coefficient (Wildman–Crippen LogP) is 2.03. The lowest BCUT2D eigenvalue weighted by molar-refractivity contribution is 0.264. The largest absolute Gasteiger partial charge is 0.497 e. The van der Waals surface area contributed by atoms with E-state index >= 15 is 0 Å². The van der Waals surface area contributed by atoms with Gasteiger partial charge in [-0.1, -0.05) is 15.9 Å².